The number of halogens is 1. The molecule has 3 unspecified atom stereocenters. The van der Waals surface area contributed by atoms with E-state index in [0.717, 1.165) is 10.8 Å². The maximum Gasteiger partial charge on any atom is 0.330 e. The van der Waals surface area contributed by atoms with Crippen LogP contribution in [0.25, 0.3) is 0 Å². The first kappa shape index (κ1) is 22.1. The van der Waals surface area contributed by atoms with Gasteiger partial charge in [0.2, 0.25) is 5.82 Å². The number of aromatic amines is 1. The number of H-pyrrole nitrogens is 1. The monoisotopic (exact) mass is 433 g/mol. The lowest BCUT2D eigenvalue weighted by Gasteiger charge is -2.36. The first-order valence-electron chi connectivity index (χ1n) is 10.3. The molecule has 2 heterocycles. The highest BCUT2D eigenvalue weighted by molar-refractivity contribution is 7.45. The molecule has 1 aliphatic heterocycles. The van der Waals surface area contributed by atoms with Gasteiger partial charge in [-0.3, -0.25) is 19.3 Å². The van der Waals surface area contributed by atoms with Crippen LogP contribution in [0.5, 0.6) is 0 Å². The topological polar surface area (TPSA) is 98.2 Å². The third kappa shape index (κ3) is 5.94. The van der Waals surface area contributed by atoms with Gasteiger partial charge in [-0.2, -0.15) is 4.39 Å². The van der Waals surface area contributed by atoms with E-state index in [-0.39, 0.29) is 25.4 Å². The highest BCUT2D eigenvalue weighted by atomic mass is 31.2. The van der Waals surface area contributed by atoms with Crippen molar-refractivity contribution in [3.63, 3.8) is 0 Å². The van der Waals surface area contributed by atoms with Crippen molar-refractivity contribution in [2.24, 2.45) is 4.99 Å². The van der Waals surface area contributed by atoms with Gasteiger partial charge in [-0.25, -0.2) is 9.46 Å². The zero-order valence-corrected chi connectivity index (χ0v) is 18.3. The molecule has 1 aromatic rings. The lowest BCUT2D eigenvalue weighted by molar-refractivity contribution is -0.00822. The molecule has 164 valence electrons. The highest BCUT2D eigenvalue weighted by Crippen LogP contribution is 2.49. The van der Waals surface area contributed by atoms with Crippen molar-refractivity contribution in [1.82, 2.24) is 14.2 Å². The van der Waals surface area contributed by atoms with Gasteiger partial charge in [-0.15, -0.1) is 0 Å². The molecule has 0 spiro atoms. The molecule has 4 atom stereocenters. The molecule has 0 amide bonds. The number of rotatable bonds is 9. The summed E-state index contributed by atoms with van der Waals surface area (Å²) in [5.74, 6) is -1.09. The molecule has 29 heavy (non-hydrogen) atoms. The standard InChI is InChI=1S/C18H30FN4O5P/c1-7-20-10-26-29(23(11(2)3)12(4)5)28-15-8-16(27-13(15)6)22-9-14(19)17(24)21-18(22)25/h9-13,15-16H,7-8H2,1-6H3,(H,21,24,25)/t13?,15-,16?,29?/m1/s1/i6D. The number of nitrogens with one attached hydrogen (secondary N) is 1. The van der Waals surface area contributed by atoms with Gasteiger partial charge >= 0.3 is 14.2 Å². The largest absolute Gasteiger partial charge is 0.425 e. The molecule has 1 aromatic heterocycles. The second-order valence-electron chi connectivity index (χ2n) is 7.17. The molecule has 1 aliphatic rings. The summed E-state index contributed by atoms with van der Waals surface area (Å²) < 4.78 is 42.4. The third-order valence-electron chi connectivity index (χ3n) is 4.28. The summed E-state index contributed by atoms with van der Waals surface area (Å²) in [6, 6.07) is 0.240. The van der Waals surface area contributed by atoms with Crippen LogP contribution in [0.3, 0.4) is 0 Å². The van der Waals surface area contributed by atoms with Gasteiger partial charge < -0.3 is 13.8 Å². The van der Waals surface area contributed by atoms with Crippen LogP contribution in [-0.2, 0) is 13.8 Å². The minimum absolute atomic E-state index is 0.114. The van der Waals surface area contributed by atoms with Gasteiger partial charge in [0.05, 0.1) is 18.4 Å². The fraction of sp³-hybridized carbons (Fsp3) is 0.722. The minimum Gasteiger partial charge on any atom is -0.425 e. The summed E-state index contributed by atoms with van der Waals surface area (Å²) in [5.41, 5.74) is -1.87. The molecule has 1 saturated heterocycles. The zero-order valence-electron chi connectivity index (χ0n) is 18.4. The van der Waals surface area contributed by atoms with Crippen LogP contribution < -0.4 is 11.2 Å². The van der Waals surface area contributed by atoms with Crippen molar-refractivity contribution < 1.29 is 19.5 Å². The average Bonchev–Trinajstić information content (AvgIpc) is 3.06. The van der Waals surface area contributed by atoms with Crippen LogP contribution in [0.15, 0.2) is 20.8 Å². The number of hydrogen-bond acceptors (Lipinski definition) is 7. The Morgan fingerprint density at radius 3 is 2.76 bits per heavy atom. The first-order valence-corrected chi connectivity index (χ1v) is 10.7. The van der Waals surface area contributed by atoms with E-state index >= 15 is 0 Å². The summed E-state index contributed by atoms with van der Waals surface area (Å²) in [7, 11) is -1.56. The van der Waals surface area contributed by atoms with Crippen molar-refractivity contribution in [3.8, 4) is 0 Å². The summed E-state index contributed by atoms with van der Waals surface area (Å²) in [6.07, 6.45) is 0.319. The lowest BCUT2D eigenvalue weighted by atomic mass is 10.2. The minimum atomic E-state index is -1.56. The van der Waals surface area contributed by atoms with Crippen LogP contribution in [0.4, 0.5) is 4.39 Å². The molecule has 11 heteroatoms. The van der Waals surface area contributed by atoms with Crippen LogP contribution in [-0.4, -0.2) is 51.5 Å². The Bertz CT molecular complexity index is 826. The van der Waals surface area contributed by atoms with Crippen molar-refractivity contribution in [3.05, 3.63) is 32.9 Å². The second-order valence-corrected chi connectivity index (χ2v) is 8.53. The van der Waals surface area contributed by atoms with Crippen molar-refractivity contribution in [1.29, 1.82) is 0 Å². The molecule has 0 aromatic carbocycles. The van der Waals surface area contributed by atoms with Gasteiger partial charge in [-0.05, 0) is 41.5 Å². The summed E-state index contributed by atoms with van der Waals surface area (Å²) in [5, 5.41) is 0. The Hall–Kier alpha value is -1.61. The second kappa shape index (κ2) is 10.4. The van der Waals surface area contributed by atoms with Gasteiger partial charge in [0, 0.05) is 26.4 Å². The lowest BCUT2D eigenvalue weighted by Crippen LogP contribution is -2.35. The van der Waals surface area contributed by atoms with E-state index < -0.39 is 44.0 Å². The quantitative estimate of drug-likeness (QED) is 0.365. The molecule has 0 bridgehead atoms. The molecule has 9 nitrogen and oxygen atoms in total. The van der Waals surface area contributed by atoms with E-state index in [2.05, 4.69) is 9.66 Å². The molecular weight excluding hydrogens is 402 g/mol. The zero-order chi connectivity index (χ0) is 22.4. The van der Waals surface area contributed by atoms with Gasteiger partial charge in [0.1, 0.15) is 6.23 Å². The predicted molar refractivity (Wildman–Crippen MR) is 110 cm³/mol. The van der Waals surface area contributed by atoms with E-state index in [4.69, 9.17) is 15.2 Å². The van der Waals surface area contributed by atoms with E-state index in [1.165, 1.54) is 6.40 Å². The molecular formula is C18H30FN4O5P. The van der Waals surface area contributed by atoms with E-state index in [1.54, 1.807) is 0 Å². The fourth-order valence-electron chi connectivity index (χ4n) is 3.03. The molecule has 0 radical (unpaired) electrons. The Morgan fingerprint density at radius 2 is 2.17 bits per heavy atom. The fourth-order valence-corrected chi connectivity index (χ4v) is 4.65. The number of aliphatic imine (C=N–C) groups is 1. The molecule has 0 aliphatic carbocycles. The molecule has 1 N–H and O–H groups in total. The van der Waals surface area contributed by atoms with E-state index in [9.17, 15) is 14.0 Å². The van der Waals surface area contributed by atoms with E-state index in [0.29, 0.717) is 6.54 Å². The third-order valence-corrected chi connectivity index (χ3v) is 6.31. The Balaban J connectivity index is 2.26. The number of ether oxygens (including phenoxy) is 1. The number of hydrogen-bond donors (Lipinski definition) is 1. The Morgan fingerprint density at radius 1 is 1.48 bits per heavy atom. The van der Waals surface area contributed by atoms with Crippen LogP contribution >= 0.6 is 8.53 Å². The smallest absolute Gasteiger partial charge is 0.330 e. The van der Waals surface area contributed by atoms with Gasteiger partial charge in [0.15, 0.2) is 6.40 Å². The van der Waals surface area contributed by atoms with Crippen LogP contribution in [0.1, 0.15) is 55.5 Å². The average molecular weight is 433 g/mol. The van der Waals surface area contributed by atoms with Gasteiger partial charge in [-0.1, -0.05) is 0 Å². The van der Waals surface area contributed by atoms with Crippen molar-refractivity contribution in [2.75, 3.05) is 6.54 Å². The normalized spacial score (nSPS) is 24.0. The molecule has 0 saturated carbocycles. The Kier molecular flexibility index (Phi) is 7.94. The summed E-state index contributed by atoms with van der Waals surface area (Å²) >= 11 is 0. The maximum atomic E-state index is 13.7. The van der Waals surface area contributed by atoms with Crippen molar-refractivity contribution >= 4 is 14.9 Å². The van der Waals surface area contributed by atoms with Crippen molar-refractivity contribution in [2.45, 2.75) is 78.5 Å². The predicted octanol–water partition coefficient (Wildman–Crippen LogP) is 2.78. The molecule has 2 rings (SSSR count). The van der Waals surface area contributed by atoms with Gasteiger partial charge in [0.25, 0.3) is 5.56 Å². The first-order chi connectivity index (χ1) is 14.2. The number of nitrogens with zero attached hydrogens (tertiary/aromatic N) is 3. The SMILES string of the molecule is [2H]CC1OC(n2cc(F)c(=O)[nH]c2=O)C[C@H]1OP(OC=NCC)N(C(C)C)C(C)C. The molecule has 1 fully saturated rings. The Labute approximate surface area is 172 Å². The number of aromatic nitrogens is 2. The summed E-state index contributed by atoms with van der Waals surface area (Å²) in [4.78, 5) is 29.4. The maximum absolute atomic E-state index is 13.7. The van der Waals surface area contributed by atoms with Crippen LogP contribution in [0, 0.1) is 5.82 Å². The van der Waals surface area contributed by atoms with Crippen LogP contribution in [0.2, 0.25) is 0 Å². The van der Waals surface area contributed by atoms with E-state index in [1.807, 2.05) is 39.6 Å². The highest BCUT2D eigenvalue weighted by Gasteiger charge is 2.39. The summed E-state index contributed by atoms with van der Waals surface area (Å²) in [6.45, 7) is 10.4.